The average molecular weight is 320 g/mol. The fourth-order valence-corrected chi connectivity index (χ4v) is 3.31. The number of piperidine rings is 1. The highest BCUT2D eigenvalue weighted by atomic mass is 16.5. The van der Waals surface area contributed by atoms with Crippen molar-refractivity contribution in [2.24, 2.45) is 5.92 Å². The van der Waals surface area contributed by atoms with Crippen molar-refractivity contribution in [1.82, 2.24) is 10.2 Å². The van der Waals surface area contributed by atoms with Gasteiger partial charge in [0, 0.05) is 25.3 Å². The highest BCUT2D eigenvalue weighted by molar-refractivity contribution is 5.74. The van der Waals surface area contributed by atoms with Gasteiger partial charge in [-0.1, -0.05) is 12.1 Å². The lowest BCUT2D eigenvalue weighted by Gasteiger charge is -2.34. The predicted molar refractivity (Wildman–Crippen MR) is 85.9 cm³/mol. The third-order valence-electron chi connectivity index (χ3n) is 4.57. The summed E-state index contributed by atoms with van der Waals surface area (Å²) in [6, 6.07) is 5.70. The molecule has 1 aromatic carbocycles. The molecule has 3 rings (SSSR count). The molecule has 2 heterocycles. The normalized spacial score (nSPS) is 23.7. The molecule has 0 radical (unpaired) electrons. The Morgan fingerprint density at radius 3 is 3.17 bits per heavy atom. The SMILES string of the molecule is COc1cccc2c1OCC(NC(=O)N1CCCC(CO)C1)C2. The Bertz CT molecular complexity index is 564. The number of aliphatic hydroxyl groups is 1. The smallest absolute Gasteiger partial charge is 0.317 e. The Morgan fingerprint density at radius 1 is 1.52 bits per heavy atom. The van der Waals surface area contributed by atoms with E-state index in [0.717, 1.165) is 42.9 Å². The number of amides is 2. The summed E-state index contributed by atoms with van der Waals surface area (Å²) < 4.78 is 11.1. The van der Waals surface area contributed by atoms with Crippen molar-refractivity contribution < 1.29 is 19.4 Å². The number of fused-ring (bicyclic) bond motifs is 1. The Balaban J connectivity index is 1.60. The van der Waals surface area contributed by atoms with Gasteiger partial charge in [-0.25, -0.2) is 4.79 Å². The maximum absolute atomic E-state index is 12.4. The lowest BCUT2D eigenvalue weighted by Crippen LogP contribution is -2.51. The van der Waals surface area contributed by atoms with Gasteiger partial charge >= 0.3 is 6.03 Å². The topological polar surface area (TPSA) is 71.0 Å². The predicted octanol–water partition coefficient (Wildman–Crippen LogP) is 1.41. The number of nitrogens with one attached hydrogen (secondary N) is 1. The number of ether oxygens (including phenoxy) is 2. The summed E-state index contributed by atoms with van der Waals surface area (Å²) in [4.78, 5) is 14.2. The summed E-state index contributed by atoms with van der Waals surface area (Å²) in [7, 11) is 1.63. The molecule has 2 aliphatic heterocycles. The number of carbonyl (C=O) groups is 1. The van der Waals surface area contributed by atoms with E-state index in [1.807, 2.05) is 18.2 Å². The maximum Gasteiger partial charge on any atom is 0.317 e. The van der Waals surface area contributed by atoms with Gasteiger partial charge in [-0.2, -0.15) is 0 Å². The van der Waals surface area contributed by atoms with Crippen LogP contribution in [-0.2, 0) is 6.42 Å². The molecule has 0 spiro atoms. The minimum Gasteiger partial charge on any atom is -0.493 e. The van der Waals surface area contributed by atoms with Gasteiger partial charge in [0.25, 0.3) is 0 Å². The fraction of sp³-hybridized carbons (Fsp3) is 0.588. The second-order valence-electron chi connectivity index (χ2n) is 6.25. The number of rotatable bonds is 3. The van der Waals surface area contributed by atoms with E-state index in [1.165, 1.54) is 0 Å². The van der Waals surface area contributed by atoms with Crippen molar-refractivity contribution in [1.29, 1.82) is 0 Å². The molecule has 6 heteroatoms. The van der Waals surface area contributed by atoms with Gasteiger partial charge in [-0.15, -0.1) is 0 Å². The summed E-state index contributed by atoms with van der Waals surface area (Å²) in [5.41, 5.74) is 1.05. The Hall–Kier alpha value is -1.95. The number of hydrogen-bond donors (Lipinski definition) is 2. The van der Waals surface area contributed by atoms with E-state index in [9.17, 15) is 9.90 Å². The van der Waals surface area contributed by atoms with Crippen LogP contribution in [0.4, 0.5) is 4.79 Å². The van der Waals surface area contributed by atoms with Gasteiger partial charge in [0.05, 0.1) is 13.2 Å². The van der Waals surface area contributed by atoms with E-state index in [0.29, 0.717) is 13.2 Å². The fourth-order valence-electron chi connectivity index (χ4n) is 3.31. The molecule has 0 aliphatic carbocycles. The lowest BCUT2D eigenvalue weighted by atomic mass is 9.99. The van der Waals surface area contributed by atoms with Gasteiger partial charge in [0.2, 0.25) is 0 Å². The zero-order chi connectivity index (χ0) is 16.2. The molecule has 1 saturated heterocycles. The van der Waals surface area contributed by atoms with Crippen LogP contribution in [-0.4, -0.2) is 55.5 Å². The van der Waals surface area contributed by atoms with E-state index < -0.39 is 0 Å². The van der Waals surface area contributed by atoms with Crippen molar-refractivity contribution in [2.45, 2.75) is 25.3 Å². The molecule has 0 aromatic heterocycles. The molecule has 0 bridgehead atoms. The molecule has 2 unspecified atom stereocenters. The molecule has 6 nitrogen and oxygen atoms in total. The van der Waals surface area contributed by atoms with Crippen LogP contribution in [0.2, 0.25) is 0 Å². The molecule has 126 valence electrons. The quantitative estimate of drug-likeness (QED) is 0.883. The first-order valence-corrected chi connectivity index (χ1v) is 8.16. The van der Waals surface area contributed by atoms with Crippen LogP contribution in [0, 0.1) is 5.92 Å². The molecule has 2 amide bonds. The van der Waals surface area contributed by atoms with Gasteiger partial charge in [0.1, 0.15) is 6.61 Å². The molecule has 23 heavy (non-hydrogen) atoms. The standard InChI is InChI=1S/C17H24N2O4/c1-22-15-6-2-5-13-8-14(11-23-16(13)15)18-17(21)19-7-3-4-12(9-19)10-20/h2,5-6,12,14,20H,3-4,7-11H2,1H3,(H,18,21). The minimum absolute atomic E-state index is 0.0448. The second kappa shape index (κ2) is 7.08. The van der Waals surface area contributed by atoms with E-state index in [2.05, 4.69) is 5.32 Å². The number of aliphatic hydroxyl groups excluding tert-OH is 1. The molecule has 2 aliphatic rings. The van der Waals surface area contributed by atoms with E-state index in [1.54, 1.807) is 12.0 Å². The summed E-state index contributed by atoms with van der Waals surface area (Å²) in [6.07, 6.45) is 2.66. The van der Waals surface area contributed by atoms with E-state index in [4.69, 9.17) is 9.47 Å². The third kappa shape index (κ3) is 3.52. The molecule has 2 atom stereocenters. The first-order valence-electron chi connectivity index (χ1n) is 8.16. The van der Waals surface area contributed by atoms with Crippen LogP contribution in [0.15, 0.2) is 18.2 Å². The van der Waals surface area contributed by atoms with Crippen molar-refractivity contribution in [3.8, 4) is 11.5 Å². The van der Waals surface area contributed by atoms with Crippen LogP contribution in [0.3, 0.4) is 0 Å². The van der Waals surface area contributed by atoms with E-state index in [-0.39, 0.29) is 24.6 Å². The number of benzene rings is 1. The summed E-state index contributed by atoms with van der Waals surface area (Å²) >= 11 is 0. The molecule has 0 saturated carbocycles. The van der Waals surface area contributed by atoms with E-state index >= 15 is 0 Å². The van der Waals surface area contributed by atoms with Crippen LogP contribution >= 0.6 is 0 Å². The summed E-state index contributed by atoms with van der Waals surface area (Å²) in [6.45, 7) is 1.96. The van der Waals surface area contributed by atoms with Crippen LogP contribution in [0.5, 0.6) is 11.5 Å². The summed E-state index contributed by atoms with van der Waals surface area (Å²) in [5.74, 6) is 1.70. The number of para-hydroxylation sites is 1. The molecular formula is C17H24N2O4. The van der Waals surface area contributed by atoms with Crippen molar-refractivity contribution in [3.05, 3.63) is 23.8 Å². The lowest BCUT2D eigenvalue weighted by molar-refractivity contribution is 0.124. The highest BCUT2D eigenvalue weighted by Crippen LogP contribution is 2.34. The molecular weight excluding hydrogens is 296 g/mol. The van der Waals surface area contributed by atoms with Crippen LogP contribution < -0.4 is 14.8 Å². The second-order valence-corrected chi connectivity index (χ2v) is 6.25. The van der Waals surface area contributed by atoms with Crippen molar-refractivity contribution >= 4 is 6.03 Å². The first kappa shape index (κ1) is 15.9. The largest absolute Gasteiger partial charge is 0.493 e. The first-order chi connectivity index (χ1) is 11.2. The third-order valence-corrected chi connectivity index (χ3v) is 4.57. The van der Waals surface area contributed by atoms with Crippen molar-refractivity contribution in [2.75, 3.05) is 33.4 Å². The van der Waals surface area contributed by atoms with Gasteiger partial charge in [-0.3, -0.25) is 0 Å². The van der Waals surface area contributed by atoms with Gasteiger partial charge in [-0.05, 0) is 31.2 Å². The molecule has 1 fully saturated rings. The van der Waals surface area contributed by atoms with Crippen molar-refractivity contribution in [3.63, 3.8) is 0 Å². The number of methoxy groups -OCH3 is 1. The number of urea groups is 1. The Morgan fingerprint density at radius 2 is 2.39 bits per heavy atom. The Kier molecular flexibility index (Phi) is 4.91. The average Bonchev–Trinajstić information content (AvgIpc) is 2.61. The number of likely N-dealkylation sites (tertiary alicyclic amines) is 1. The monoisotopic (exact) mass is 320 g/mol. The minimum atomic E-state index is -0.0666. The van der Waals surface area contributed by atoms with Gasteiger partial charge in [0.15, 0.2) is 11.5 Å². The zero-order valence-corrected chi connectivity index (χ0v) is 13.5. The highest BCUT2D eigenvalue weighted by Gasteiger charge is 2.28. The number of nitrogens with zero attached hydrogens (tertiary/aromatic N) is 1. The number of hydrogen-bond acceptors (Lipinski definition) is 4. The van der Waals surface area contributed by atoms with Crippen LogP contribution in [0.25, 0.3) is 0 Å². The maximum atomic E-state index is 12.4. The van der Waals surface area contributed by atoms with Gasteiger partial charge < -0.3 is 24.8 Å². The number of carbonyl (C=O) groups excluding carboxylic acids is 1. The molecule has 1 aromatic rings. The zero-order valence-electron chi connectivity index (χ0n) is 13.5. The summed E-state index contributed by atoms with van der Waals surface area (Å²) in [5, 5.41) is 12.3. The Labute approximate surface area is 136 Å². The molecule has 2 N–H and O–H groups in total. The van der Waals surface area contributed by atoms with Crippen LogP contribution in [0.1, 0.15) is 18.4 Å².